The molecule has 0 aromatic heterocycles. The summed E-state index contributed by atoms with van der Waals surface area (Å²) in [5, 5.41) is 14.6. The van der Waals surface area contributed by atoms with Gasteiger partial charge in [-0.05, 0) is 12.1 Å². The molecular formula is C11H9ClF3N3O3. The molecule has 0 spiro atoms. The molecule has 21 heavy (non-hydrogen) atoms. The average Bonchev–Trinajstić information content (AvgIpc) is 2.66. The van der Waals surface area contributed by atoms with Crippen molar-refractivity contribution in [2.45, 2.75) is 18.2 Å². The summed E-state index contributed by atoms with van der Waals surface area (Å²) in [6, 6.07) is 3.07. The van der Waals surface area contributed by atoms with Crippen LogP contribution in [-0.2, 0) is 4.74 Å². The molecular weight excluding hydrogens is 315 g/mol. The van der Waals surface area contributed by atoms with E-state index in [9.17, 15) is 23.3 Å². The van der Waals surface area contributed by atoms with Crippen molar-refractivity contribution >= 4 is 23.0 Å². The second-order valence-electron chi connectivity index (χ2n) is 4.17. The van der Waals surface area contributed by atoms with Crippen molar-refractivity contribution in [1.29, 1.82) is 0 Å². The average molecular weight is 324 g/mol. The molecule has 0 bridgehead atoms. The van der Waals surface area contributed by atoms with Crippen LogP contribution in [0.15, 0.2) is 23.3 Å². The Labute approximate surface area is 121 Å². The molecule has 1 aliphatic heterocycles. The smallest absolute Gasteiger partial charge is 0.296 e. The Morgan fingerprint density at radius 1 is 1.52 bits per heavy atom. The zero-order valence-electron chi connectivity index (χ0n) is 10.5. The number of benzene rings is 1. The van der Waals surface area contributed by atoms with Gasteiger partial charge in [0.1, 0.15) is 5.38 Å². The predicted molar refractivity (Wildman–Crippen MR) is 67.9 cm³/mol. The number of hydrogen-bond donors (Lipinski definition) is 0. The van der Waals surface area contributed by atoms with Gasteiger partial charge in [0.15, 0.2) is 6.23 Å². The minimum atomic E-state index is -3.05. The maximum absolute atomic E-state index is 13.3. The fourth-order valence-corrected chi connectivity index (χ4v) is 2.29. The van der Waals surface area contributed by atoms with E-state index in [-0.39, 0.29) is 11.3 Å². The van der Waals surface area contributed by atoms with E-state index < -0.39 is 34.6 Å². The van der Waals surface area contributed by atoms with Crippen LogP contribution in [0.2, 0.25) is 0 Å². The summed E-state index contributed by atoms with van der Waals surface area (Å²) in [5.74, 6) is -1.01. The number of nitro benzene ring substituents is 1. The number of rotatable bonds is 4. The Morgan fingerprint density at radius 2 is 2.19 bits per heavy atom. The Bertz CT molecular complexity index is 599. The summed E-state index contributed by atoms with van der Waals surface area (Å²) in [4.78, 5) is 9.81. The number of alkyl halides is 3. The molecule has 114 valence electrons. The Balaban J connectivity index is 2.33. The first-order chi connectivity index (χ1) is 9.81. The molecule has 0 saturated carbocycles. The van der Waals surface area contributed by atoms with Crippen molar-refractivity contribution < 1.29 is 22.8 Å². The summed E-state index contributed by atoms with van der Waals surface area (Å²) in [6.45, 7) is -3.05. The van der Waals surface area contributed by atoms with E-state index >= 15 is 0 Å². The highest BCUT2D eigenvalue weighted by Crippen LogP contribution is 2.28. The van der Waals surface area contributed by atoms with E-state index in [1.54, 1.807) is 0 Å². The van der Waals surface area contributed by atoms with Gasteiger partial charge in [0.25, 0.3) is 0 Å². The van der Waals surface area contributed by atoms with E-state index in [1.807, 2.05) is 0 Å². The van der Waals surface area contributed by atoms with Gasteiger partial charge in [-0.15, -0.1) is 11.6 Å². The maximum Gasteiger partial charge on any atom is 0.347 e. The lowest BCUT2D eigenvalue weighted by atomic mass is 10.1. The monoisotopic (exact) mass is 323 g/mol. The molecule has 10 heteroatoms. The van der Waals surface area contributed by atoms with Crippen molar-refractivity contribution in [1.82, 2.24) is 5.01 Å². The minimum Gasteiger partial charge on any atom is -0.296 e. The standard InChI is InChI=1S/C11H9ClF3N3O3/c1-17-10(21-11(14)15)8(12)9(16-17)5-2-3-6(13)7(4-5)18(19)20/h2-4,8,10-11H,1H3. The van der Waals surface area contributed by atoms with Crippen LogP contribution in [0.3, 0.4) is 0 Å². The van der Waals surface area contributed by atoms with E-state index in [1.165, 1.54) is 13.1 Å². The van der Waals surface area contributed by atoms with Crippen molar-refractivity contribution in [3.8, 4) is 0 Å². The largest absolute Gasteiger partial charge is 0.347 e. The fraction of sp³-hybridized carbons (Fsp3) is 0.364. The van der Waals surface area contributed by atoms with E-state index in [0.717, 1.165) is 17.1 Å². The molecule has 1 aromatic carbocycles. The third-order valence-corrected chi connectivity index (χ3v) is 3.25. The molecule has 0 aliphatic carbocycles. The highest BCUT2D eigenvalue weighted by molar-refractivity contribution is 6.36. The van der Waals surface area contributed by atoms with Crippen LogP contribution >= 0.6 is 11.6 Å². The molecule has 1 aromatic rings. The predicted octanol–water partition coefficient (Wildman–Crippen LogP) is 2.56. The second kappa shape index (κ2) is 5.86. The molecule has 0 N–H and O–H groups in total. The van der Waals surface area contributed by atoms with Crippen LogP contribution in [0, 0.1) is 15.9 Å². The molecule has 6 nitrogen and oxygen atoms in total. The van der Waals surface area contributed by atoms with Crippen LogP contribution in [0.4, 0.5) is 18.9 Å². The Kier molecular flexibility index (Phi) is 4.33. The molecule has 2 rings (SSSR count). The normalized spacial score (nSPS) is 21.8. The topological polar surface area (TPSA) is 68.0 Å². The lowest BCUT2D eigenvalue weighted by Crippen LogP contribution is -2.36. The van der Waals surface area contributed by atoms with Gasteiger partial charge in [-0.3, -0.25) is 19.9 Å². The Hall–Kier alpha value is -1.87. The summed E-state index contributed by atoms with van der Waals surface area (Å²) >= 11 is 6.00. The van der Waals surface area contributed by atoms with Crippen molar-refractivity contribution in [2.24, 2.45) is 5.10 Å². The van der Waals surface area contributed by atoms with Gasteiger partial charge >= 0.3 is 12.3 Å². The van der Waals surface area contributed by atoms with Crippen molar-refractivity contribution in [3.63, 3.8) is 0 Å². The van der Waals surface area contributed by atoms with Gasteiger partial charge < -0.3 is 0 Å². The first kappa shape index (κ1) is 15.5. The Morgan fingerprint density at radius 3 is 2.76 bits per heavy atom. The maximum atomic E-state index is 13.3. The van der Waals surface area contributed by atoms with Crippen LogP contribution < -0.4 is 0 Å². The first-order valence-electron chi connectivity index (χ1n) is 5.64. The lowest BCUT2D eigenvalue weighted by molar-refractivity contribution is -0.387. The van der Waals surface area contributed by atoms with Gasteiger partial charge in [-0.25, -0.2) is 0 Å². The summed E-state index contributed by atoms with van der Waals surface area (Å²) in [6.07, 6.45) is -1.22. The first-order valence-corrected chi connectivity index (χ1v) is 6.08. The van der Waals surface area contributed by atoms with Crippen LogP contribution in [-0.4, -0.2) is 40.9 Å². The second-order valence-corrected chi connectivity index (χ2v) is 4.64. The summed E-state index contributed by atoms with van der Waals surface area (Å²) in [7, 11) is 1.37. The van der Waals surface area contributed by atoms with Gasteiger partial charge in [0.05, 0.1) is 10.6 Å². The van der Waals surface area contributed by atoms with Gasteiger partial charge in [-0.2, -0.15) is 18.3 Å². The zero-order chi connectivity index (χ0) is 15.7. The van der Waals surface area contributed by atoms with Crippen LogP contribution in [0.5, 0.6) is 0 Å². The van der Waals surface area contributed by atoms with E-state index in [0.29, 0.717) is 0 Å². The highest BCUT2D eigenvalue weighted by atomic mass is 35.5. The number of hydrazone groups is 1. The van der Waals surface area contributed by atoms with Crippen molar-refractivity contribution in [3.05, 3.63) is 39.7 Å². The van der Waals surface area contributed by atoms with E-state index in [2.05, 4.69) is 9.84 Å². The van der Waals surface area contributed by atoms with Gasteiger partial charge in [0.2, 0.25) is 5.82 Å². The molecule has 0 fully saturated rings. The van der Waals surface area contributed by atoms with Gasteiger partial charge in [0, 0.05) is 18.7 Å². The molecule has 2 atom stereocenters. The lowest BCUT2D eigenvalue weighted by Gasteiger charge is -2.21. The summed E-state index contributed by atoms with van der Waals surface area (Å²) < 4.78 is 42.2. The molecule has 2 unspecified atom stereocenters. The minimum absolute atomic E-state index is 0.0907. The molecule has 0 saturated heterocycles. The molecule has 0 radical (unpaired) electrons. The molecule has 1 aliphatic rings. The van der Waals surface area contributed by atoms with Crippen LogP contribution in [0.1, 0.15) is 5.56 Å². The number of hydrogen-bond acceptors (Lipinski definition) is 5. The SMILES string of the molecule is CN1N=C(c2ccc(F)c([N+](=O)[O-])c2)C(Cl)C1OC(F)F. The van der Waals surface area contributed by atoms with Gasteiger partial charge in [-0.1, -0.05) is 0 Å². The zero-order valence-corrected chi connectivity index (χ0v) is 11.3. The van der Waals surface area contributed by atoms with E-state index in [4.69, 9.17) is 11.6 Å². The quantitative estimate of drug-likeness (QED) is 0.485. The molecule has 0 amide bonds. The van der Waals surface area contributed by atoms with Crippen molar-refractivity contribution in [2.75, 3.05) is 7.05 Å². The number of halogens is 4. The molecule has 1 heterocycles. The third kappa shape index (κ3) is 3.08. The third-order valence-electron chi connectivity index (χ3n) is 2.83. The highest BCUT2D eigenvalue weighted by Gasteiger charge is 2.38. The number of nitro groups is 1. The van der Waals surface area contributed by atoms with Crippen LogP contribution in [0.25, 0.3) is 0 Å². The summed E-state index contributed by atoms with van der Waals surface area (Å²) in [5.41, 5.74) is -0.497. The number of nitrogens with zero attached hydrogens (tertiary/aromatic N) is 3. The number of ether oxygens (including phenoxy) is 1. The fourth-order valence-electron chi connectivity index (χ4n) is 1.90.